The summed E-state index contributed by atoms with van der Waals surface area (Å²) in [7, 11) is -4.71. The van der Waals surface area contributed by atoms with E-state index in [1.165, 1.54) is 17.5 Å². The molecular formula is C80H120NO22P. The molecule has 3 aromatic carbocycles. The highest BCUT2D eigenvalue weighted by Gasteiger charge is 2.48. The van der Waals surface area contributed by atoms with Crippen LogP contribution in [-0.4, -0.2) is 158 Å². The number of carboxylic acids is 2. The molecule has 0 spiro atoms. The summed E-state index contributed by atoms with van der Waals surface area (Å²) in [6.07, 6.45) is 24.8. The van der Waals surface area contributed by atoms with E-state index < -0.39 is 45.3 Å². The van der Waals surface area contributed by atoms with Gasteiger partial charge in [-0.1, -0.05) is 102 Å². The minimum atomic E-state index is -4.71. The second kappa shape index (κ2) is 41.9. The maximum absolute atomic E-state index is 12.8. The first-order chi connectivity index (χ1) is 49.9. The van der Waals surface area contributed by atoms with Crippen molar-refractivity contribution in [1.29, 1.82) is 0 Å². The predicted molar refractivity (Wildman–Crippen MR) is 389 cm³/mol. The summed E-state index contributed by atoms with van der Waals surface area (Å²) < 4.78 is 53.0. The van der Waals surface area contributed by atoms with Gasteiger partial charge in [0.25, 0.3) is 0 Å². The lowest BCUT2D eigenvalue weighted by molar-refractivity contribution is -0.153. The Hall–Kier alpha value is -6.04. The molecule has 1 heterocycles. The van der Waals surface area contributed by atoms with Gasteiger partial charge in [0.15, 0.2) is 19.8 Å². The van der Waals surface area contributed by atoms with Gasteiger partial charge in [0.2, 0.25) is 6.79 Å². The number of carbonyl (C=O) groups excluding carboxylic acids is 3. The lowest BCUT2D eigenvalue weighted by atomic mass is 9.73. The first kappa shape index (κ1) is 83.6. The zero-order valence-corrected chi connectivity index (χ0v) is 63.0. The number of likely N-dealkylation sites (tertiary alicyclic amines) is 1. The number of fused-ring (bicyclic) bond motifs is 6. The van der Waals surface area contributed by atoms with Crippen molar-refractivity contribution in [3.05, 3.63) is 88.0 Å². The minimum absolute atomic E-state index is 0.0934. The molecule has 7 aliphatic rings. The van der Waals surface area contributed by atoms with Crippen molar-refractivity contribution in [2.75, 3.05) is 39.7 Å². The molecule has 8 N–H and O–H groups in total. The Kier molecular flexibility index (Phi) is 33.7. The number of unbranched alkanes of at least 4 members (excludes halogenated alkanes) is 6. The molecule has 3 saturated carbocycles. The van der Waals surface area contributed by atoms with E-state index in [-0.39, 0.29) is 79.8 Å². The van der Waals surface area contributed by atoms with Gasteiger partial charge in [0, 0.05) is 13.1 Å². The summed E-state index contributed by atoms with van der Waals surface area (Å²) in [5.74, 6) is 1.75. The molecule has 1 aliphatic heterocycles. The Labute approximate surface area is 615 Å². The number of aliphatic hydroxyl groups is 4. The number of benzene rings is 3. The van der Waals surface area contributed by atoms with E-state index in [1.54, 1.807) is 19.9 Å². The zero-order valence-electron chi connectivity index (χ0n) is 62.1. The number of hydrogen-bond donors (Lipinski definition) is 8. The third-order valence-electron chi connectivity index (χ3n) is 22.9. The molecule has 6 aliphatic carbocycles. The molecule has 104 heavy (non-hydrogen) atoms. The van der Waals surface area contributed by atoms with Crippen molar-refractivity contribution in [2.24, 2.45) is 53.3 Å². The van der Waals surface area contributed by atoms with Crippen molar-refractivity contribution in [2.45, 2.75) is 270 Å². The number of esters is 1. The number of aliphatic hydroxyl groups excluding tert-OH is 4. The molecule has 4 fully saturated rings. The third kappa shape index (κ3) is 25.6. The number of rotatable bonds is 36. The van der Waals surface area contributed by atoms with Crippen LogP contribution >= 0.6 is 7.82 Å². The third-order valence-corrected chi connectivity index (χ3v) is 23.3. The van der Waals surface area contributed by atoms with Gasteiger partial charge in [-0.15, -0.1) is 0 Å². The Morgan fingerprint density at radius 1 is 0.510 bits per heavy atom. The number of phosphoric acid groups is 1. The zero-order chi connectivity index (χ0) is 74.9. The smallest absolute Gasteiger partial charge is 0.482 e. The molecule has 582 valence electrons. The van der Waals surface area contributed by atoms with Crippen LogP contribution in [0.4, 0.5) is 9.59 Å². The van der Waals surface area contributed by atoms with Gasteiger partial charge >= 0.3 is 38.0 Å². The summed E-state index contributed by atoms with van der Waals surface area (Å²) >= 11 is 0. The summed E-state index contributed by atoms with van der Waals surface area (Å²) in [5, 5.41) is 61.0. The van der Waals surface area contributed by atoms with E-state index in [2.05, 4.69) is 42.2 Å². The number of aliphatic carboxylic acids is 2. The van der Waals surface area contributed by atoms with Crippen molar-refractivity contribution in [1.82, 2.24) is 4.90 Å². The lowest BCUT2D eigenvalue weighted by Crippen LogP contribution is -2.38. The van der Waals surface area contributed by atoms with E-state index in [4.69, 9.17) is 48.4 Å². The number of amides is 1. The van der Waals surface area contributed by atoms with E-state index >= 15 is 0 Å². The number of carbonyl (C=O) groups is 5. The number of phosphoric ester groups is 1. The second-order valence-corrected chi connectivity index (χ2v) is 31.8. The molecule has 1 amide bonds. The number of ether oxygens (including phenoxy) is 7. The van der Waals surface area contributed by atoms with Crippen molar-refractivity contribution in [3.8, 4) is 17.2 Å². The molecule has 0 aromatic heterocycles. The molecule has 23 nitrogen and oxygen atoms in total. The Balaban J connectivity index is 0.000000198. The van der Waals surface area contributed by atoms with Gasteiger partial charge in [-0.05, 0) is 266 Å². The quantitative estimate of drug-likeness (QED) is 0.00881. The second-order valence-electron chi connectivity index (χ2n) is 30.6. The molecule has 24 heteroatoms. The van der Waals surface area contributed by atoms with Crippen LogP contribution in [-0.2, 0) is 80.9 Å². The average molecular weight is 1480 g/mol. The molecule has 0 bridgehead atoms. The van der Waals surface area contributed by atoms with E-state index in [0.29, 0.717) is 52.8 Å². The van der Waals surface area contributed by atoms with Gasteiger partial charge in [-0.25, -0.2) is 33.1 Å². The summed E-state index contributed by atoms with van der Waals surface area (Å²) in [4.78, 5) is 77.8. The van der Waals surface area contributed by atoms with Crippen LogP contribution in [0, 0.1) is 53.3 Å². The molecule has 3 aromatic rings. The fourth-order valence-corrected chi connectivity index (χ4v) is 18.0. The van der Waals surface area contributed by atoms with Gasteiger partial charge in [0.1, 0.15) is 29.5 Å². The fraction of sp³-hybridized carbons (Fsp3) is 0.713. The highest BCUT2D eigenvalue weighted by Crippen LogP contribution is 2.52. The van der Waals surface area contributed by atoms with Gasteiger partial charge < -0.3 is 78.5 Å². The van der Waals surface area contributed by atoms with Crippen molar-refractivity contribution < 1.29 is 107 Å². The Morgan fingerprint density at radius 2 is 0.913 bits per heavy atom. The number of hydrogen-bond acceptors (Lipinski definition) is 18. The van der Waals surface area contributed by atoms with Crippen LogP contribution in [0.1, 0.15) is 222 Å². The topological polar surface area (TPSA) is 341 Å². The monoisotopic (exact) mass is 1480 g/mol. The maximum Gasteiger partial charge on any atom is 0.508 e. The van der Waals surface area contributed by atoms with Crippen LogP contribution in [0.25, 0.3) is 0 Å². The summed E-state index contributed by atoms with van der Waals surface area (Å²) in [6.45, 7) is 9.73. The summed E-state index contributed by atoms with van der Waals surface area (Å²) in [6, 6.07) is 17.4. The Bertz CT molecular complexity index is 3230. The van der Waals surface area contributed by atoms with Crippen molar-refractivity contribution in [3.63, 3.8) is 0 Å². The number of piperidine rings is 1. The first-order valence-electron chi connectivity index (χ1n) is 39.0. The largest absolute Gasteiger partial charge is 0.508 e. The SMILES string of the molecule is CCCCC[C@@H](CC[C@@H]1[C@H]2Cc3cccc(OCC(=O)O)c3C[C@H]2C[C@H]1O)OC(=O)N1CCCCC1.CCCCC[C@@H](CC[C@@H]1[C@H]2Cc3cccc(OCC(=O)O)c3C[C@H]2C[C@H]1O)OC(=O)OC(C)C.CCCCC[C@H](O)CC[C@@H]1[C@H]2Cc3cccc(OCC(=O)OCOP(=O)(O)O)c3C[C@H]2C[C@H]1O. The predicted octanol–water partition coefficient (Wildman–Crippen LogP) is 13.5. The normalized spacial score (nSPS) is 25.1. The first-order valence-corrected chi connectivity index (χ1v) is 40.5. The van der Waals surface area contributed by atoms with E-state index in [0.717, 1.165) is 222 Å². The highest BCUT2D eigenvalue weighted by atomic mass is 31.2. The Morgan fingerprint density at radius 3 is 1.32 bits per heavy atom. The maximum atomic E-state index is 12.8. The van der Waals surface area contributed by atoms with Gasteiger partial charge in [-0.2, -0.15) is 0 Å². The van der Waals surface area contributed by atoms with Crippen LogP contribution in [0.3, 0.4) is 0 Å². The van der Waals surface area contributed by atoms with Gasteiger partial charge in [0.05, 0.1) is 30.5 Å². The molecule has 0 unspecified atom stereocenters. The van der Waals surface area contributed by atoms with Crippen LogP contribution in [0.15, 0.2) is 54.6 Å². The summed E-state index contributed by atoms with van der Waals surface area (Å²) in [5.41, 5.74) is 6.72. The number of carboxylic acid groups (broad SMARTS) is 2. The molecule has 1 saturated heterocycles. The highest BCUT2D eigenvalue weighted by molar-refractivity contribution is 7.46. The van der Waals surface area contributed by atoms with Crippen LogP contribution in [0.5, 0.6) is 17.2 Å². The van der Waals surface area contributed by atoms with E-state index in [9.17, 15) is 49.0 Å². The standard InChI is InChI=1S/C29H43NO6.C27H40O7.C24H37O9P/c1-2-3-5-10-22(36-29(34)30-14-6-4-7-15-30)12-13-23-24-16-20-9-8-11-27(35-19-28(32)33)25(20)17-21(24)18-26(23)31;1-4-5-6-9-20(34-27(31)33-17(2)3)11-12-21-22-13-18-8-7-10-25(32-16-26(29)30)23(18)14-19(22)15-24(21)28;1-2-3-4-7-18(25)9-10-19-20-11-16-6-5-8-23(21(16)12-17(20)13-22(19)26)31-14-24(27)32-15-33-34(28,29)30/h8-9,11,21-24,26,31H,2-7,10,12-19H2,1H3,(H,32,33);7-8,10,17,19-22,24,28H,4-6,9,11-16H2,1-3H3,(H,29,30);5-6,8,17-20,22,25-26H,2-4,7,9-15H2,1H3,(H2,28,29,30)/t21-,22-,23+,24-,26+;19-,20-,21+,22-,24+;17-,18-,19+,20-,22+/m000/s1. The van der Waals surface area contributed by atoms with Crippen LogP contribution < -0.4 is 14.2 Å². The molecule has 0 radical (unpaired) electrons. The fourth-order valence-electron chi connectivity index (χ4n) is 17.8. The number of nitrogens with zero attached hydrogens (tertiary/aromatic N) is 1. The average Bonchev–Trinajstić information content (AvgIpc) is 1.60. The lowest BCUT2D eigenvalue weighted by Gasteiger charge is -2.33. The molecule has 15 atom stereocenters. The molecular weight excluding hydrogens is 1360 g/mol. The molecule has 10 rings (SSSR count). The van der Waals surface area contributed by atoms with Crippen LogP contribution in [0.2, 0.25) is 0 Å². The minimum Gasteiger partial charge on any atom is -0.482 e. The van der Waals surface area contributed by atoms with Crippen molar-refractivity contribution >= 4 is 38.0 Å². The van der Waals surface area contributed by atoms with Gasteiger partial charge in [-0.3, -0.25) is 0 Å². The van der Waals surface area contributed by atoms with E-state index in [1.807, 2.05) is 41.3 Å².